The number of ether oxygens (including phenoxy) is 1. The van der Waals surface area contributed by atoms with Gasteiger partial charge in [0.15, 0.2) is 28.9 Å². The molecule has 0 fully saturated rings. The number of rotatable bonds is 5. The van der Waals surface area contributed by atoms with E-state index in [-0.39, 0.29) is 27.9 Å². The first kappa shape index (κ1) is 28.6. The van der Waals surface area contributed by atoms with Gasteiger partial charge in [0.1, 0.15) is 0 Å². The second-order valence-electron chi connectivity index (χ2n) is 9.79. The second-order valence-corrected chi connectivity index (χ2v) is 11.7. The summed E-state index contributed by atoms with van der Waals surface area (Å²) in [7, 11) is -6.00. The molecule has 5 aromatic carbocycles. The van der Waals surface area contributed by atoms with Gasteiger partial charge < -0.3 is 8.92 Å². The Bertz CT molecular complexity index is 2150. The lowest BCUT2D eigenvalue weighted by atomic mass is 10.0. The highest BCUT2D eigenvalue weighted by Gasteiger charge is 2.49. The lowest BCUT2D eigenvalue weighted by Crippen LogP contribution is -2.28. The van der Waals surface area contributed by atoms with Gasteiger partial charge in [0.25, 0.3) is 0 Å². The summed E-state index contributed by atoms with van der Waals surface area (Å²) < 4.78 is 75.1. The summed E-state index contributed by atoms with van der Waals surface area (Å²) in [6.07, 6.45) is 0. The number of halogens is 4. The van der Waals surface area contributed by atoms with Gasteiger partial charge in [-0.15, -0.1) is 0 Å². The highest BCUT2D eigenvalue weighted by molar-refractivity contribution is 7.88. The Balaban J connectivity index is 1.51. The molecule has 0 N–H and O–H groups in total. The lowest BCUT2D eigenvalue weighted by molar-refractivity contribution is -0.0499. The van der Waals surface area contributed by atoms with Crippen LogP contribution in [0.3, 0.4) is 0 Å². The molecule has 13 heteroatoms. The Morgan fingerprint density at radius 2 is 1.29 bits per heavy atom. The zero-order chi connectivity index (χ0) is 31.3. The molecular weight excluding hydrogens is 629 g/mol. The van der Waals surface area contributed by atoms with Crippen molar-refractivity contribution in [2.75, 3.05) is 4.90 Å². The van der Waals surface area contributed by atoms with E-state index in [9.17, 15) is 21.6 Å². The predicted molar refractivity (Wildman–Crippen MR) is 164 cm³/mol. The standard InChI is InChI=1S/C32H18ClF3N4O4S/c33-22-14-8-15-23-27(22)43-28-24(18-17-19-13-7-16-25(26(19)28)44-45(41,42)32(34,35)36)40(23)31-38-29(20-9-3-1-4-10-20)37-30(39-31)21-11-5-2-6-12-21/h1-18H. The minimum atomic E-state index is -6.00. The average Bonchev–Trinajstić information content (AvgIpc) is 3.04. The van der Waals surface area contributed by atoms with Crippen LogP contribution >= 0.6 is 11.6 Å². The normalized spacial score (nSPS) is 12.8. The van der Waals surface area contributed by atoms with E-state index in [1.807, 2.05) is 60.7 Å². The van der Waals surface area contributed by atoms with Crippen LogP contribution in [-0.2, 0) is 10.1 Å². The largest absolute Gasteiger partial charge is 0.534 e. The Hall–Kier alpha value is -5.20. The van der Waals surface area contributed by atoms with Crippen molar-refractivity contribution in [2.45, 2.75) is 5.51 Å². The predicted octanol–water partition coefficient (Wildman–Crippen LogP) is 8.82. The molecule has 8 nitrogen and oxygen atoms in total. The Labute approximate surface area is 259 Å². The minimum absolute atomic E-state index is 0.0102. The van der Waals surface area contributed by atoms with E-state index in [1.165, 1.54) is 6.07 Å². The van der Waals surface area contributed by atoms with E-state index in [4.69, 9.17) is 31.3 Å². The zero-order valence-corrected chi connectivity index (χ0v) is 24.3. The fourth-order valence-corrected chi connectivity index (χ4v) is 5.61. The fraction of sp³-hybridized carbons (Fsp3) is 0.0312. The van der Waals surface area contributed by atoms with Crippen LogP contribution in [-0.4, -0.2) is 28.9 Å². The smallest absolute Gasteiger partial charge is 0.451 e. The molecule has 7 rings (SSSR count). The average molecular weight is 647 g/mol. The van der Waals surface area contributed by atoms with Crippen LogP contribution in [0.4, 0.5) is 30.5 Å². The fourth-order valence-electron chi connectivity index (χ4n) is 4.94. The number of aromatic nitrogens is 3. The van der Waals surface area contributed by atoms with Gasteiger partial charge in [0.05, 0.1) is 21.8 Å². The van der Waals surface area contributed by atoms with E-state index in [0.29, 0.717) is 39.5 Å². The maximum Gasteiger partial charge on any atom is 0.534 e. The molecule has 45 heavy (non-hydrogen) atoms. The third-order valence-corrected chi connectivity index (χ3v) is 8.21. The molecule has 1 aromatic heterocycles. The first-order chi connectivity index (χ1) is 21.6. The van der Waals surface area contributed by atoms with Crippen LogP contribution in [0.25, 0.3) is 33.5 Å². The van der Waals surface area contributed by atoms with Crippen LogP contribution in [0, 0.1) is 0 Å². The maximum atomic E-state index is 13.4. The van der Waals surface area contributed by atoms with Crippen molar-refractivity contribution in [3.8, 4) is 40.0 Å². The molecule has 1 aliphatic heterocycles. The summed E-state index contributed by atoms with van der Waals surface area (Å²) in [5.74, 6) is 0.424. The quantitative estimate of drug-likeness (QED) is 0.135. The molecule has 0 aliphatic carbocycles. The summed E-state index contributed by atoms with van der Waals surface area (Å²) in [4.78, 5) is 16.0. The Morgan fingerprint density at radius 3 is 1.91 bits per heavy atom. The van der Waals surface area contributed by atoms with Crippen molar-refractivity contribution in [1.29, 1.82) is 0 Å². The van der Waals surface area contributed by atoms with E-state index in [0.717, 1.165) is 6.07 Å². The number of alkyl halides is 3. The van der Waals surface area contributed by atoms with Gasteiger partial charge in [-0.3, -0.25) is 4.90 Å². The summed E-state index contributed by atoms with van der Waals surface area (Å²) in [6.45, 7) is 0. The monoisotopic (exact) mass is 646 g/mol. The number of fused-ring (bicyclic) bond motifs is 4. The van der Waals surface area contributed by atoms with Gasteiger partial charge in [-0.05, 0) is 29.7 Å². The summed E-state index contributed by atoms with van der Waals surface area (Å²) in [5.41, 5.74) is -3.50. The van der Waals surface area contributed by atoms with E-state index >= 15 is 0 Å². The van der Waals surface area contributed by atoms with E-state index < -0.39 is 21.4 Å². The molecule has 0 spiro atoms. The molecule has 1 aliphatic rings. The van der Waals surface area contributed by atoms with Crippen molar-refractivity contribution in [2.24, 2.45) is 0 Å². The topological polar surface area (TPSA) is 94.5 Å². The highest BCUT2D eigenvalue weighted by atomic mass is 35.5. The summed E-state index contributed by atoms with van der Waals surface area (Å²) in [6, 6.07) is 30.9. The maximum absolute atomic E-state index is 13.4. The number of hydrogen-bond acceptors (Lipinski definition) is 8. The van der Waals surface area contributed by atoms with Crippen molar-refractivity contribution in [3.63, 3.8) is 0 Å². The number of hydrogen-bond donors (Lipinski definition) is 0. The van der Waals surface area contributed by atoms with Crippen molar-refractivity contribution < 1.29 is 30.5 Å². The molecule has 0 bridgehead atoms. The first-order valence-corrected chi connectivity index (χ1v) is 15.1. The molecule has 0 unspecified atom stereocenters. The first-order valence-electron chi connectivity index (χ1n) is 13.3. The molecule has 6 aromatic rings. The third-order valence-electron chi connectivity index (χ3n) is 6.94. The van der Waals surface area contributed by atoms with Gasteiger partial charge >= 0.3 is 15.6 Å². The minimum Gasteiger partial charge on any atom is -0.451 e. The molecule has 0 radical (unpaired) electrons. The lowest BCUT2D eigenvalue weighted by Gasteiger charge is -2.32. The molecule has 0 atom stereocenters. The Morgan fingerprint density at radius 1 is 0.689 bits per heavy atom. The van der Waals surface area contributed by atoms with Crippen LogP contribution in [0.1, 0.15) is 0 Å². The van der Waals surface area contributed by atoms with Gasteiger partial charge in [-0.25, -0.2) is 4.98 Å². The Kier molecular flexibility index (Phi) is 6.83. The van der Waals surface area contributed by atoms with Crippen LogP contribution < -0.4 is 13.8 Å². The third kappa shape index (κ3) is 5.07. The SMILES string of the molecule is O=S(=O)(Oc1cccc2ccc3c(c12)Oc1c(Cl)cccc1N3c1nc(-c2ccccc2)nc(-c2ccccc2)n1)C(F)(F)F. The van der Waals surface area contributed by atoms with Gasteiger partial charge in [-0.1, -0.05) is 96.5 Å². The van der Waals surface area contributed by atoms with Gasteiger partial charge in [0.2, 0.25) is 5.95 Å². The number of nitrogens with zero attached hydrogens (tertiary/aromatic N) is 4. The molecule has 0 amide bonds. The number of para-hydroxylation sites is 1. The molecule has 0 saturated carbocycles. The van der Waals surface area contributed by atoms with Gasteiger partial charge in [-0.2, -0.15) is 31.6 Å². The van der Waals surface area contributed by atoms with Gasteiger partial charge in [0, 0.05) is 11.1 Å². The van der Waals surface area contributed by atoms with Crippen LogP contribution in [0.5, 0.6) is 17.2 Å². The number of anilines is 3. The van der Waals surface area contributed by atoms with Crippen molar-refractivity contribution in [1.82, 2.24) is 15.0 Å². The van der Waals surface area contributed by atoms with Crippen molar-refractivity contribution in [3.05, 3.63) is 114 Å². The summed E-state index contributed by atoms with van der Waals surface area (Å²) >= 11 is 6.59. The molecule has 0 saturated heterocycles. The van der Waals surface area contributed by atoms with Crippen LogP contribution in [0.15, 0.2) is 109 Å². The second kappa shape index (κ2) is 10.8. The molecule has 2 heterocycles. The highest BCUT2D eigenvalue weighted by Crippen LogP contribution is 2.55. The molecule has 224 valence electrons. The summed E-state index contributed by atoms with van der Waals surface area (Å²) in [5, 5.41) is 0.505. The van der Waals surface area contributed by atoms with Crippen molar-refractivity contribution >= 4 is 49.8 Å². The zero-order valence-electron chi connectivity index (χ0n) is 22.7. The molecular formula is C32H18ClF3N4O4S. The number of benzene rings is 5. The van der Waals surface area contributed by atoms with E-state index in [2.05, 4.69) is 4.18 Å². The van der Waals surface area contributed by atoms with E-state index in [1.54, 1.807) is 41.3 Å². The van der Waals surface area contributed by atoms with Crippen LogP contribution in [0.2, 0.25) is 5.02 Å².